The Morgan fingerprint density at radius 2 is 1.79 bits per heavy atom. The molecular formula is C18H14ClN3O2. The smallest absolute Gasteiger partial charge is 0.168 e. The van der Waals surface area contributed by atoms with Crippen molar-refractivity contribution in [1.82, 2.24) is 15.2 Å². The quantitative estimate of drug-likeness (QED) is 0.664. The van der Waals surface area contributed by atoms with Gasteiger partial charge in [0.25, 0.3) is 0 Å². The molecule has 0 saturated carbocycles. The second-order valence-corrected chi connectivity index (χ2v) is 5.53. The zero-order valence-electron chi connectivity index (χ0n) is 12.9. The average Bonchev–Trinajstić information content (AvgIpc) is 2.63. The van der Waals surface area contributed by atoms with Crippen molar-refractivity contribution < 1.29 is 9.53 Å². The van der Waals surface area contributed by atoms with E-state index in [1.807, 2.05) is 24.3 Å². The van der Waals surface area contributed by atoms with Crippen LogP contribution in [-0.4, -0.2) is 28.1 Å². The van der Waals surface area contributed by atoms with E-state index < -0.39 is 0 Å². The molecule has 0 aliphatic heterocycles. The van der Waals surface area contributed by atoms with Crippen LogP contribution in [0.1, 0.15) is 16.1 Å². The maximum absolute atomic E-state index is 12.5. The fraction of sp³-hybridized carbons (Fsp3) is 0.111. The minimum Gasteiger partial charge on any atom is -0.497 e. The highest BCUT2D eigenvalue weighted by molar-refractivity contribution is 6.30. The van der Waals surface area contributed by atoms with Crippen LogP contribution in [0, 0.1) is 0 Å². The van der Waals surface area contributed by atoms with Crippen molar-refractivity contribution in [2.45, 2.75) is 6.42 Å². The number of methoxy groups -OCH3 is 1. The number of hydrogen-bond acceptors (Lipinski definition) is 5. The largest absolute Gasteiger partial charge is 0.497 e. The second-order valence-electron chi connectivity index (χ2n) is 5.09. The number of carbonyl (C=O) groups excluding carboxylic acids is 1. The summed E-state index contributed by atoms with van der Waals surface area (Å²) >= 11 is 5.85. The van der Waals surface area contributed by atoms with Crippen molar-refractivity contribution in [3.8, 4) is 17.0 Å². The monoisotopic (exact) mass is 339 g/mol. The van der Waals surface area contributed by atoms with Crippen molar-refractivity contribution >= 4 is 17.4 Å². The third-order valence-electron chi connectivity index (χ3n) is 3.55. The van der Waals surface area contributed by atoms with Crippen LogP contribution in [0.15, 0.2) is 54.9 Å². The first kappa shape index (κ1) is 16.1. The molecule has 0 bridgehead atoms. The van der Waals surface area contributed by atoms with E-state index >= 15 is 0 Å². The molecule has 0 amide bonds. The van der Waals surface area contributed by atoms with Gasteiger partial charge in [0.15, 0.2) is 5.78 Å². The van der Waals surface area contributed by atoms with Crippen molar-refractivity contribution in [2.24, 2.45) is 0 Å². The normalized spacial score (nSPS) is 10.4. The molecule has 1 heterocycles. The first-order valence-electron chi connectivity index (χ1n) is 7.27. The summed E-state index contributed by atoms with van der Waals surface area (Å²) in [6, 6.07) is 14.2. The molecule has 0 atom stereocenters. The third-order valence-corrected chi connectivity index (χ3v) is 3.81. The number of Topliss-reactive ketones (excluding diaryl/α,β-unsaturated/α-hetero) is 1. The molecule has 5 nitrogen and oxygen atoms in total. The standard InChI is InChI=1S/C18H14ClN3O2/c1-24-15-8-4-13(5-9-15)18-16(20-11-21-22-18)10-17(23)12-2-6-14(19)7-3-12/h2-9,11H,10H2,1H3. The Bertz CT molecular complexity index is 849. The van der Waals surface area contributed by atoms with Gasteiger partial charge in [0.2, 0.25) is 0 Å². The fourth-order valence-electron chi connectivity index (χ4n) is 2.29. The lowest BCUT2D eigenvalue weighted by Gasteiger charge is -2.07. The first-order valence-corrected chi connectivity index (χ1v) is 7.65. The van der Waals surface area contributed by atoms with Gasteiger partial charge in [-0.1, -0.05) is 11.6 Å². The van der Waals surface area contributed by atoms with E-state index in [4.69, 9.17) is 16.3 Å². The number of carbonyl (C=O) groups is 1. The molecule has 3 rings (SSSR count). The van der Waals surface area contributed by atoms with Gasteiger partial charge in [0.1, 0.15) is 17.8 Å². The maximum Gasteiger partial charge on any atom is 0.168 e. The zero-order chi connectivity index (χ0) is 16.9. The molecule has 120 valence electrons. The molecule has 3 aromatic rings. The molecule has 0 aliphatic carbocycles. The Kier molecular flexibility index (Phi) is 4.82. The molecule has 0 unspecified atom stereocenters. The van der Waals surface area contributed by atoms with Crippen LogP contribution in [0.4, 0.5) is 0 Å². The lowest BCUT2D eigenvalue weighted by atomic mass is 10.0. The van der Waals surface area contributed by atoms with Crippen LogP contribution < -0.4 is 4.74 Å². The summed E-state index contributed by atoms with van der Waals surface area (Å²) in [4.78, 5) is 16.7. The molecule has 6 heteroatoms. The highest BCUT2D eigenvalue weighted by atomic mass is 35.5. The number of halogens is 1. The van der Waals surface area contributed by atoms with Crippen LogP contribution in [-0.2, 0) is 6.42 Å². The summed E-state index contributed by atoms with van der Waals surface area (Å²) in [7, 11) is 1.61. The third kappa shape index (κ3) is 3.58. The molecule has 0 aliphatic rings. The molecule has 0 radical (unpaired) electrons. The van der Waals surface area contributed by atoms with Crippen LogP contribution in [0.25, 0.3) is 11.3 Å². The molecule has 2 aromatic carbocycles. The summed E-state index contributed by atoms with van der Waals surface area (Å²) in [5, 5.41) is 8.57. The Labute approximate surface area is 144 Å². The molecule has 0 fully saturated rings. The van der Waals surface area contributed by atoms with Crippen molar-refractivity contribution in [2.75, 3.05) is 7.11 Å². The van der Waals surface area contributed by atoms with Crippen LogP contribution in [0.3, 0.4) is 0 Å². The predicted molar refractivity (Wildman–Crippen MR) is 91.3 cm³/mol. The maximum atomic E-state index is 12.5. The van der Waals surface area contributed by atoms with Gasteiger partial charge in [-0.2, -0.15) is 0 Å². The van der Waals surface area contributed by atoms with Gasteiger partial charge in [0, 0.05) is 16.1 Å². The minimum atomic E-state index is -0.0538. The van der Waals surface area contributed by atoms with E-state index in [1.54, 1.807) is 31.4 Å². The van der Waals surface area contributed by atoms with E-state index in [-0.39, 0.29) is 12.2 Å². The lowest BCUT2D eigenvalue weighted by Crippen LogP contribution is -2.08. The number of hydrogen-bond donors (Lipinski definition) is 0. The second kappa shape index (κ2) is 7.19. The molecule has 0 saturated heterocycles. The SMILES string of the molecule is COc1ccc(-c2nncnc2CC(=O)c2ccc(Cl)cc2)cc1. The van der Waals surface area contributed by atoms with Gasteiger partial charge in [-0.05, 0) is 48.5 Å². The Balaban J connectivity index is 1.88. The summed E-state index contributed by atoms with van der Waals surface area (Å²) in [5.41, 5.74) is 2.58. The van der Waals surface area contributed by atoms with Gasteiger partial charge < -0.3 is 4.74 Å². The summed E-state index contributed by atoms with van der Waals surface area (Å²) < 4.78 is 5.15. The van der Waals surface area contributed by atoms with Crippen molar-refractivity contribution in [1.29, 1.82) is 0 Å². The Hall–Kier alpha value is -2.79. The van der Waals surface area contributed by atoms with Crippen LogP contribution in [0.2, 0.25) is 5.02 Å². The average molecular weight is 340 g/mol. The van der Waals surface area contributed by atoms with Crippen LogP contribution >= 0.6 is 11.6 Å². The van der Waals surface area contributed by atoms with Crippen LogP contribution in [0.5, 0.6) is 5.75 Å². The van der Waals surface area contributed by atoms with E-state index in [0.717, 1.165) is 11.3 Å². The predicted octanol–water partition coefficient (Wildman–Crippen LogP) is 3.63. The number of nitrogens with zero attached hydrogens (tertiary/aromatic N) is 3. The van der Waals surface area contributed by atoms with Gasteiger partial charge in [0.05, 0.1) is 19.2 Å². The topological polar surface area (TPSA) is 65.0 Å². The molecular weight excluding hydrogens is 326 g/mol. The van der Waals surface area contributed by atoms with Crippen molar-refractivity contribution in [3.05, 3.63) is 71.1 Å². The highest BCUT2D eigenvalue weighted by Crippen LogP contribution is 2.23. The summed E-state index contributed by atoms with van der Waals surface area (Å²) in [6.45, 7) is 0. The minimum absolute atomic E-state index is 0.0538. The molecule has 0 spiro atoms. The number of ether oxygens (including phenoxy) is 1. The summed E-state index contributed by atoms with van der Waals surface area (Å²) in [6.07, 6.45) is 1.48. The van der Waals surface area contributed by atoms with E-state index in [0.29, 0.717) is 22.0 Å². The van der Waals surface area contributed by atoms with Gasteiger partial charge in [-0.3, -0.25) is 4.79 Å². The molecule has 0 N–H and O–H groups in total. The number of aromatic nitrogens is 3. The summed E-state index contributed by atoms with van der Waals surface area (Å²) in [5.74, 6) is 0.691. The molecule has 1 aromatic heterocycles. The molecule has 24 heavy (non-hydrogen) atoms. The zero-order valence-corrected chi connectivity index (χ0v) is 13.7. The van der Waals surface area contributed by atoms with Gasteiger partial charge >= 0.3 is 0 Å². The van der Waals surface area contributed by atoms with E-state index in [1.165, 1.54) is 6.33 Å². The number of benzene rings is 2. The van der Waals surface area contributed by atoms with Crippen molar-refractivity contribution in [3.63, 3.8) is 0 Å². The number of ketones is 1. The van der Waals surface area contributed by atoms with E-state index in [2.05, 4.69) is 15.2 Å². The Morgan fingerprint density at radius 3 is 2.46 bits per heavy atom. The van der Waals surface area contributed by atoms with Gasteiger partial charge in [-0.15, -0.1) is 10.2 Å². The Morgan fingerprint density at radius 1 is 1.08 bits per heavy atom. The highest BCUT2D eigenvalue weighted by Gasteiger charge is 2.14. The van der Waals surface area contributed by atoms with E-state index in [9.17, 15) is 4.79 Å². The first-order chi connectivity index (χ1) is 11.7. The fourth-order valence-corrected chi connectivity index (χ4v) is 2.42. The number of rotatable bonds is 5. The lowest BCUT2D eigenvalue weighted by molar-refractivity contribution is 0.0992. The van der Waals surface area contributed by atoms with Gasteiger partial charge in [-0.25, -0.2) is 4.98 Å².